The Morgan fingerprint density at radius 3 is 2.15 bits per heavy atom. The Balaban J connectivity index is 0.993. The molecule has 2 heterocycles. The number of fused-ring (bicyclic) bond motifs is 4. The summed E-state index contributed by atoms with van der Waals surface area (Å²) < 4.78 is 6.40. The van der Waals surface area contributed by atoms with E-state index in [1.54, 1.807) is 18.2 Å². The number of carboxylic acids is 1. The number of ether oxygens (including phenoxy) is 1. The zero-order valence-electron chi connectivity index (χ0n) is 34.5. The van der Waals surface area contributed by atoms with Gasteiger partial charge in [-0.3, -0.25) is 24.2 Å². The van der Waals surface area contributed by atoms with Gasteiger partial charge >= 0.3 is 12.1 Å². The second-order valence-electron chi connectivity index (χ2n) is 15.2. The molecule has 328 valence electrons. The highest BCUT2D eigenvalue weighted by atomic mass is 32.2. The second-order valence-corrected chi connectivity index (χ2v) is 17.2. The number of thiazole rings is 1. The number of aliphatic carboxylic acids is 1. The zero-order valence-corrected chi connectivity index (χ0v) is 36.1. The molecule has 0 radical (unpaired) electrons. The topological polar surface area (TPSA) is 247 Å². The van der Waals surface area contributed by atoms with Gasteiger partial charge in [-0.15, -0.1) is 23.1 Å². The van der Waals surface area contributed by atoms with E-state index in [-0.39, 0.29) is 38.5 Å². The molecule has 0 saturated heterocycles. The van der Waals surface area contributed by atoms with E-state index in [2.05, 4.69) is 36.6 Å². The molecule has 3 unspecified atom stereocenters. The van der Waals surface area contributed by atoms with Crippen molar-refractivity contribution in [2.75, 3.05) is 58.0 Å². The number of alkyl carbamates (subject to hydrolysis) is 1. The average Bonchev–Trinajstić information content (AvgIpc) is 4.00. The van der Waals surface area contributed by atoms with E-state index in [4.69, 9.17) is 10.5 Å². The number of nitrogens with two attached hydrogens (primary N) is 1. The van der Waals surface area contributed by atoms with E-state index in [9.17, 15) is 33.9 Å². The van der Waals surface area contributed by atoms with Crippen molar-refractivity contribution in [3.05, 3.63) is 82.9 Å². The molecule has 0 fully saturated rings. The van der Waals surface area contributed by atoms with E-state index < -0.39 is 60.4 Å². The van der Waals surface area contributed by atoms with Crippen molar-refractivity contribution in [1.82, 2.24) is 31.2 Å². The van der Waals surface area contributed by atoms with Crippen LogP contribution in [0.25, 0.3) is 21.3 Å². The number of aliphatic imine (C=N–C) groups is 1. The van der Waals surface area contributed by atoms with Crippen LogP contribution in [0.4, 0.5) is 10.5 Å². The van der Waals surface area contributed by atoms with E-state index in [1.807, 2.05) is 67.5 Å². The van der Waals surface area contributed by atoms with Crippen molar-refractivity contribution < 1.29 is 38.6 Å². The van der Waals surface area contributed by atoms with Gasteiger partial charge in [-0.05, 0) is 99.7 Å². The first-order valence-corrected chi connectivity index (χ1v) is 22.2. The minimum absolute atomic E-state index is 0.0613. The Morgan fingerprint density at radius 2 is 1.50 bits per heavy atom. The van der Waals surface area contributed by atoms with Crippen LogP contribution >= 0.6 is 23.1 Å². The molecular formula is C43H51N9O8S2. The fraction of sp³-hybridized carbons (Fsp3) is 0.395. The predicted molar refractivity (Wildman–Crippen MR) is 239 cm³/mol. The number of hydrogen-bond acceptors (Lipinski definition) is 13. The SMILES string of the molecule is CN(C)CCCCC(NC(=O)CNC(=O)C(CCCN)NC(=O)OCC1c2ccccc2-c2ccccc21)C(=O)NCC(=O)Nc1ccc2nc(C3=NC(C(=O)O)CS3)sc2c1. The van der Waals surface area contributed by atoms with Crippen molar-refractivity contribution in [3.63, 3.8) is 0 Å². The minimum atomic E-state index is -1.03. The third-order valence-corrected chi connectivity index (χ3v) is 12.5. The Kier molecular flexibility index (Phi) is 16.0. The van der Waals surface area contributed by atoms with Crippen LogP contribution < -0.4 is 32.3 Å². The zero-order chi connectivity index (χ0) is 44.2. The minimum Gasteiger partial charge on any atom is -0.480 e. The van der Waals surface area contributed by atoms with E-state index in [1.165, 1.54) is 23.1 Å². The van der Waals surface area contributed by atoms with Crippen LogP contribution in [0.15, 0.2) is 71.7 Å². The summed E-state index contributed by atoms with van der Waals surface area (Å²) in [5, 5.41) is 23.7. The normalized spacial score (nSPS) is 15.2. The Bertz CT molecular complexity index is 2270. The molecule has 1 aliphatic heterocycles. The maximum absolute atomic E-state index is 13.4. The predicted octanol–water partition coefficient (Wildman–Crippen LogP) is 3.28. The molecule has 19 heteroatoms. The smallest absolute Gasteiger partial charge is 0.407 e. The number of rotatable bonds is 21. The molecular weight excluding hydrogens is 835 g/mol. The largest absolute Gasteiger partial charge is 0.480 e. The van der Waals surface area contributed by atoms with Gasteiger partial charge < -0.3 is 47.1 Å². The summed E-state index contributed by atoms with van der Waals surface area (Å²) >= 11 is 2.66. The van der Waals surface area contributed by atoms with Gasteiger partial charge in [-0.2, -0.15) is 0 Å². The van der Waals surface area contributed by atoms with Gasteiger partial charge in [0, 0.05) is 17.4 Å². The fourth-order valence-electron chi connectivity index (χ4n) is 7.16. The first-order chi connectivity index (χ1) is 29.9. The summed E-state index contributed by atoms with van der Waals surface area (Å²) in [7, 11) is 3.87. The lowest BCUT2D eigenvalue weighted by molar-refractivity contribution is -0.137. The van der Waals surface area contributed by atoms with Crippen molar-refractivity contribution in [2.45, 2.75) is 56.1 Å². The number of thioether (sulfide) groups is 1. The number of aromatic nitrogens is 1. The number of amides is 5. The lowest BCUT2D eigenvalue weighted by Gasteiger charge is -2.21. The maximum atomic E-state index is 13.4. The Labute approximate surface area is 367 Å². The third-order valence-electron chi connectivity index (χ3n) is 10.3. The van der Waals surface area contributed by atoms with Crippen LogP contribution in [0, 0.1) is 0 Å². The molecule has 17 nitrogen and oxygen atoms in total. The first-order valence-electron chi connectivity index (χ1n) is 20.4. The molecule has 62 heavy (non-hydrogen) atoms. The van der Waals surface area contributed by atoms with Gasteiger partial charge in [0.05, 0.1) is 23.3 Å². The first kappa shape index (κ1) is 45.6. The molecule has 8 N–H and O–H groups in total. The summed E-state index contributed by atoms with van der Waals surface area (Å²) in [6.07, 6.45) is 1.47. The van der Waals surface area contributed by atoms with Crippen LogP contribution in [-0.2, 0) is 28.7 Å². The fourth-order valence-corrected chi connectivity index (χ4v) is 9.26. The molecule has 4 aromatic rings. The number of hydrogen-bond donors (Lipinski definition) is 7. The highest BCUT2D eigenvalue weighted by Crippen LogP contribution is 2.44. The molecule has 1 aliphatic carbocycles. The number of benzene rings is 3. The number of unbranched alkanes of at least 4 members (excludes halogenated alkanes) is 1. The van der Waals surface area contributed by atoms with Crippen LogP contribution in [0.1, 0.15) is 54.2 Å². The molecule has 2 aliphatic rings. The lowest BCUT2D eigenvalue weighted by Crippen LogP contribution is -2.52. The van der Waals surface area contributed by atoms with Crippen molar-refractivity contribution in [3.8, 4) is 11.1 Å². The third kappa shape index (κ3) is 12.1. The number of carboxylic acid groups (broad SMARTS) is 1. The van der Waals surface area contributed by atoms with Gasteiger partial charge in [-0.1, -0.05) is 48.5 Å². The molecule has 0 spiro atoms. The summed E-state index contributed by atoms with van der Waals surface area (Å²) in [6, 6.07) is 18.2. The molecule has 6 rings (SSSR count). The lowest BCUT2D eigenvalue weighted by atomic mass is 9.98. The highest BCUT2D eigenvalue weighted by Gasteiger charge is 2.31. The van der Waals surface area contributed by atoms with Crippen LogP contribution in [0.3, 0.4) is 0 Å². The Hall–Kier alpha value is -5.89. The maximum Gasteiger partial charge on any atom is 0.407 e. The standard InChI is InChI=1S/C43H51N9O8S2/c1-52(2)19-8-7-14-32(38(55)45-21-36(53)47-25-16-17-31-35(20-25)62-41(49-31)40-50-34(24-61-40)42(57)58)48-37(54)22-46-39(56)33(15-9-18-44)51-43(59)60-23-30-28-12-5-3-10-26(28)27-11-4-6-13-29(27)30/h3-6,10-13,16-17,20,30,32-34H,7-9,14-15,18-19,21-24,44H2,1-2H3,(H,45,55)(H,46,56)(H,47,53)(H,48,54)(H,51,59)(H,57,58). The van der Waals surface area contributed by atoms with Crippen molar-refractivity contribution in [2.24, 2.45) is 10.7 Å². The number of carbonyl (C=O) groups excluding carboxylic acids is 5. The van der Waals surface area contributed by atoms with Gasteiger partial charge in [0.1, 0.15) is 28.7 Å². The van der Waals surface area contributed by atoms with Crippen LogP contribution in [-0.4, -0.2) is 126 Å². The number of nitrogens with zero attached hydrogens (tertiary/aromatic N) is 3. The van der Waals surface area contributed by atoms with E-state index >= 15 is 0 Å². The van der Waals surface area contributed by atoms with Gasteiger partial charge in [0.15, 0.2) is 6.04 Å². The highest BCUT2D eigenvalue weighted by molar-refractivity contribution is 8.15. The molecule has 5 amide bonds. The number of nitrogens with one attached hydrogen (secondary N) is 5. The quantitative estimate of drug-likeness (QED) is 0.0597. The van der Waals surface area contributed by atoms with Gasteiger partial charge in [0.25, 0.3) is 0 Å². The molecule has 3 aromatic carbocycles. The van der Waals surface area contributed by atoms with Crippen molar-refractivity contribution >= 4 is 79.7 Å². The monoisotopic (exact) mass is 885 g/mol. The van der Waals surface area contributed by atoms with Crippen LogP contribution in [0.5, 0.6) is 0 Å². The molecule has 0 saturated carbocycles. The van der Waals surface area contributed by atoms with Gasteiger partial charge in [-0.25, -0.2) is 14.6 Å². The number of anilines is 1. The number of carbonyl (C=O) groups is 6. The summed E-state index contributed by atoms with van der Waals surface area (Å²) in [6.45, 7) is 0.254. The molecule has 1 aromatic heterocycles. The summed E-state index contributed by atoms with van der Waals surface area (Å²) in [5.41, 5.74) is 11.1. The second kappa shape index (κ2) is 21.8. The molecule has 0 bridgehead atoms. The average molecular weight is 886 g/mol. The van der Waals surface area contributed by atoms with Crippen molar-refractivity contribution in [1.29, 1.82) is 0 Å². The molecule has 3 atom stereocenters. The summed E-state index contributed by atoms with van der Waals surface area (Å²) in [5.74, 6) is -3.13. The Morgan fingerprint density at radius 1 is 0.855 bits per heavy atom. The van der Waals surface area contributed by atoms with Gasteiger partial charge in [0.2, 0.25) is 23.6 Å². The van der Waals surface area contributed by atoms with E-state index in [0.29, 0.717) is 39.8 Å². The van der Waals surface area contributed by atoms with E-state index in [0.717, 1.165) is 39.9 Å². The van der Waals surface area contributed by atoms with Crippen LogP contribution in [0.2, 0.25) is 0 Å². The summed E-state index contributed by atoms with van der Waals surface area (Å²) in [4.78, 5) is 88.0.